The number of halogens is 1. The molecule has 1 heterocycles. The fourth-order valence-corrected chi connectivity index (χ4v) is 1.75. The van der Waals surface area contributed by atoms with Crippen LogP contribution in [-0.2, 0) is 4.74 Å². The Balaban J connectivity index is 0.00000137. The van der Waals surface area contributed by atoms with Crippen molar-refractivity contribution >= 4 is 6.09 Å². The summed E-state index contributed by atoms with van der Waals surface area (Å²) >= 11 is 0. The molecule has 1 amide bonds. The molecule has 0 aromatic rings. The van der Waals surface area contributed by atoms with Crippen molar-refractivity contribution in [2.45, 2.75) is 65.1 Å². The zero-order valence-corrected chi connectivity index (χ0v) is 11.9. The first-order chi connectivity index (χ1) is 8.39. The molecule has 1 aliphatic heterocycles. The first-order valence-electron chi connectivity index (χ1n) is 6.36. The van der Waals surface area contributed by atoms with Crippen LogP contribution in [0, 0.1) is 11.3 Å². The van der Waals surface area contributed by atoms with E-state index >= 15 is 0 Å². The summed E-state index contributed by atoms with van der Waals surface area (Å²) in [7, 11) is 0. The van der Waals surface area contributed by atoms with Gasteiger partial charge in [-0.1, -0.05) is 13.8 Å². The van der Waals surface area contributed by atoms with E-state index in [0.29, 0.717) is 12.8 Å². The topological polar surface area (TPSA) is 53.3 Å². The van der Waals surface area contributed by atoms with Crippen molar-refractivity contribution in [3.8, 4) is 6.07 Å². The summed E-state index contributed by atoms with van der Waals surface area (Å²) in [5.41, 5.74) is -0.624. The van der Waals surface area contributed by atoms with Crippen LogP contribution in [0.5, 0.6) is 0 Å². The number of rotatable bonds is 1. The van der Waals surface area contributed by atoms with Crippen LogP contribution in [0.2, 0.25) is 0 Å². The number of carbonyl (C=O) groups is 1. The molecule has 1 aliphatic rings. The fraction of sp³-hybridized carbons (Fsp3) is 0.846. The predicted octanol–water partition coefficient (Wildman–Crippen LogP) is 3.27. The van der Waals surface area contributed by atoms with Gasteiger partial charge >= 0.3 is 6.09 Å². The molecular formula is C13H23FN2O2. The van der Waals surface area contributed by atoms with Gasteiger partial charge in [0.1, 0.15) is 18.3 Å². The van der Waals surface area contributed by atoms with E-state index in [2.05, 4.69) is 0 Å². The van der Waals surface area contributed by atoms with Gasteiger partial charge in [-0.25, -0.2) is 9.18 Å². The third-order valence-electron chi connectivity index (χ3n) is 2.43. The van der Waals surface area contributed by atoms with Crippen molar-refractivity contribution < 1.29 is 13.9 Å². The minimum atomic E-state index is -0.628. The summed E-state index contributed by atoms with van der Waals surface area (Å²) in [6, 6.07) is 0.929. The number of likely N-dealkylation sites (tertiary alicyclic amines) is 1. The largest absolute Gasteiger partial charge is 0.444 e. The number of carbonyl (C=O) groups excluding carboxylic acids is 1. The van der Waals surface area contributed by atoms with Crippen molar-refractivity contribution in [3.05, 3.63) is 0 Å². The van der Waals surface area contributed by atoms with Gasteiger partial charge in [-0.05, 0) is 33.6 Å². The lowest BCUT2D eigenvalue weighted by molar-refractivity contribution is 0.0165. The lowest BCUT2D eigenvalue weighted by Crippen LogP contribution is -2.44. The van der Waals surface area contributed by atoms with Crippen molar-refractivity contribution in [1.29, 1.82) is 5.26 Å². The molecule has 0 aliphatic carbocycles. The van der Waals surface area contributed by atoms with Gasteiger partial charge in [0, 0.05) is 0 Å². The minimum Gasteiger partial charge on any atom is -0.444 e. The van der Waals surface area contributed by atoms with Crippen LogP contribution in [0.1, 0.15) is 47.5 Å². The number of amides is 1. The first-order valence-corrected chi connectivity index (χ1v) is 6.36. The number of hydrogen-bond donors (Lipinski definition) is 0. The number of nitriles is 1. The average Bonchev–Trinajstić information content (AvgIpc) is 2.72. The van der Waals surface area contributed by atoms with Gasteiger partial charge in [0.2, 0.25) is 0 Å². The molecule has 0 saturated carbocycles. The SMILES string of the molecule is CC.CC(C)(C)OC(=O)N1C(C#N)CCC1CF. The van der Waals surface area contributed by atoms with Crippen LogP contribution < -0.4 is 0 Å². The molecule has 0 aromatic carbocycles. The second-order valence-electron chi connectivity index (χ2n) is 4.92. The molecule has 1 saturated heterocycles. The first kappa shape index (κ1) is 16.7. The molecule has 0 bridgehead atoms. The summed E-state index contributed by atoms with van der Waals surface area (Å²) < 4.78 is 17.8. The van der Waals surface area contributed by atoms with Gasteiger partial charge < -0.3 is 4.74 Å². The molecule has 2 unspecified atom stereocenters. The summed E-state index contributed by atoms with van der Waals surface area (Å²) in [4.78, 5) is 13.0. The Kier molecular flexibility index (Phi) is 6.67. The van der Waals surface area contributed by atoms with Crippen molar-refractivity contribution in [2.75, 3.05) is 6.67 Å². The normalized spacial score (nSPS) is 22.8. The second kappa shape index (κ2) is 7.20. The van der Waals surface area contributed by atoms with Crippen LogP contribution in [-0.4, -0.2) is 35.4 Å². The zero-order valence-electron chi connectivity index (χ0n) is 11.9. The van der Waals surface area contributed by atoms with E-state index < -0.39 is 30.5 Å². The average molecular weight is 258 g/mol. The molecular weight excluding hydrogens is 235 g/mol. The van der Waals surface area contributed by atoms with Gasteiger partial charge in [0.25, 0.3) is 0 Å². The van der Waals surface area contributed by atoms with Gasteiger partial charge in [-0.2, -0.15) is 5.26 Å². The van der Waals surface area contributed by atoms with Gasteiger partial charge in [0.15, 0.2) is 0 Å². The van der Waals surface area contributed by atoms with E-state index in [4.69, 9.17) is 10.00 Å². The summed E-state index contributed by atoms with van der Waals surface area (Å²) in [6.45, 7) is 8.60. The summed E-state index contributed by atoms with van der Waals surface area (Å²) in [6.07, 6.45) is 0.442. The monoisotopic (exact) mass is 258 g/mol. The molecule has 104 valence electrons. The maximum absolute atomic E-state index is 12.7. The van der Waals surface area contributed by atoms with Crippen LogP contribution in [0.4, 0.5) is 9.18 Å². The van der Waals surface area contributed by atoms with E-state index in [1.165, 1.54) is 4.90 Å². The van der Waals surface area contributed by atoms with Gasteiger partial charge in [-0.3, -0.25) is 4.90 Å². The Labute approximate surface area is 109 Å². The highest BCUT2D eigenvalue weighted by Gasteiger charge is 2.39. The lowest BCUT2D eigenvalue weighted by Gasteiger charge is -2.29. The fourth-order valence-electron chi connectivity index (χ4n) is 1.75. The number of ether oxygens (including phenoxy) is 1. The number of alkyl halides is 1. The maximum Gasteiger partial charge on any atom is 0.411 e. The van der Waals surface area contributed by atoms with Crippen molar-refractivity contribution in [1.82, 2.24) is 4.90 Å². The second-order valence-corrected chi connectivity index (χ2v) is 4.92. The van der Waals surface area contributed by atoms with E-state index in [1.54, 1.807) is 20.8 Å². The van der Waals surface area contributed by atoms with E-state index in [0.717, 1.165) is 0 Å². The molecule has 0 radical (unpaired) electrons. The molecule has 1 fully saturated rings. The minimum absolute atomic E-state index is 0.514. The molecule has 2 atom stereocenters. The summed E-state index contributed by atoms with van der Waals surface area (Å²) in [5, 5.41) is 8.88. The highest BCUT2D eigenvalue weighted by molar-refractivity contribution is 5.70. The Hall–Kier alpha value is -1.31. The quantitative estimate of drug-likeness (QED) is 0.725. The van der Waals surface area contributed by atoms with Crippen LogP contribution in [0.25, 0.3) is 0 Å². The van der Waals surface area contributed by atoms with Crippen molar-refractivity contribution in [2.24, 2.45) is 0 Å². The Bertz CT molecular complexity index is 307. The molecule has 4 nitrogen and oxygen atoms in total. The van der Waals surface area contributed by atoms with E-state index in [1.807, 2.05) is 19.9 Å². The van der Waals surface area contributed by atoms with Crippen LogP contribution in [0.15, 0.2) is 0 Å². The molecule has 1 rings (SSSR count). The van der Waals surface area contributed by atoms with Crippen LogP contribution in [0.3, 0.4) is 0 Å². The van der Waals surface area contributed by atoms with E-state index in [9.17, 15) is 9.18 Å². The number of nitrogens with zero attached hydrogens (tertiary/aromatic N) is 2. The Morgan fingerprint density at radius 2 is 2.00 bits per heavy atom. The molecule has 0 N–H and O–H groups in total. The standard InChI is InChI=1S/C11H17FN2O2.C2H6/c1-11(2,3)16-10(15)14-8(6-12)4-5-9(14)7-13;1-2/h8-9H,4-6H2,1-3H3;1-2H3. The van der Waals surface area contributed by atoms with Gasteiger partial charge in [0.05, 0.1) is 12.1 Å². The molecule has 0 aromatic heterocycles. The maximum atomic E-state index is 12.7. The van der Waals surface area contributed by atoms with Crippen LogP contribution >= 0.6 is 0 Å². The van der Waals surface area contributed by atoms with E-state index in [-0.39, 0.29) is 0 Å². The third kappa shape index (κ3) is 4.52. The molecule has 5 heteroatoms. The summed E-state index contributed by atoms with van der Waals surface area (Å²) in [5.74, 6) is 0. The predicted molar refractivity (Wildman–Crippen MR) is 67.8 cm³/mol. The van der Waals surface area contributed by atoms with Gasteiger partial charge in [-0.15, -0.1) is 0 Å². The Morgan fingerprint density at radius 1 is 1.44 bits per heavy atom. The molecule has 18 heavy (non-hydrogen) atoms. The lowest BCUT2D eigenvalue weighted by atomic mass is 10.2. The highest BCUT2D eigenvalue weighted by atomic mass is 19.1. The van der Waals surface area contributed by atoms with Crippen molar-refractivity contribution in [3.63, 3.8) is 0 Å². The Morgan fingerprint density at radius 3 is 2.39 bits per heavy atom. The number of hydrogen-bond acceptors (Lipinski definition) is 3. The zero-order chi connectivity index (χ0) is 14.3. The smallest absolute Gasteiger partial charge is 0.411 e. The molecule has 0 spiro atoms. The highest BCUT2D eigenvalue weighted by Crippen LogP contribution is 2.26. The third-order valence-corrected chi connectivity index (χ3v) is 2.43.